The van der Waals surface area contributed by atoms with Crippen molar-refractivity contribution in [2.45, 2.75) is 53.5 Å². The van der Waals surface area contributed by atoms with Crippen molar-refractivity contribution < 1.29 is 14.4 Å². The smallest absolute Gasteiger partial charge is 0.259 e. The molecule has 0 unspecified atom stereocenters. The van der Waals surface area contributed by atoms with E-state index >= 15 is 0 Å². The van der Waals surface area contributed by atoms with Gasteiger partial charge in [0.25, 0.3) is 5.91 Å². The molecule has 3 aromatic heterocycles. The number of thiophene rings is 1. The Kier molecular flexibility index (Phi) is 9.54. The van der Waals surface area contributed by atoms with Gasteiger partial charge in [0.15, 0.2) is 11.0 Å². The molecule has 1 aliphatic rings. The zero-order chi connectivity index (χ0) is 34.1. The van der Waals surface area contributed by atoms with Crippen molar-refractivity contribution in [3.05, 3.63) is 103 Å². The summed E-state index contributed by atoms with van der Waals surface area (Å²) in [5.41, 5.74) is 5.25. The lowest BCUT2D eigenvalue weighted by Crippen LogP contribution is -2.29. The van der Waals surface area contributed by atoms with E-state index in [0.29, 0.717) is 33.1 Å². The Morgan fingerprint density at radius 2 is 1.65 bits per heavy atom. The molecule has 0 bridgehead atoms. The van der Waals surface area contributed by atoms with Crippen LogP contribution in [-0.2, 0) is 9.59 Å². The monoisotopic (exact) mass is 700 g/mol. The second kappa shape index (κ2) is 13.8. The summed E-state index contributed by atoms with van der Waals surface area (Å²) in [5.74, 6) is 0.265. The Hall–Kier alpha value is -4.72. The highest BCUT2D eigenvalue weighted by Gasteiger charge is 2.32. The summed E-state index contributed by atoms with van der Waals surface area (Å²) < 4.78 is 1.99. The zero-order valence-electron chi connectivity index (χ0n) is 27.0. The maximum Gasteiger partial charge on any atom is 0.259 e. The van der Waals surface area contributed by atoms with Crippen LogP contribution in [0.15, 0.2) is 53.5 Å². The Balaban J connectivity index is 1.14. The fourth-order valence-electron chi connectivity index (χ4n) is 5.39. The van der Waals surface area contributed by atoms with Gasteiger partial charge in [-0.15, -0.1) is 32.9 Å². The summed E-state index contributed by atoms with van der Waals surface area (Å²) in [6, 6.07) is 13.6. The van der Waals surface area contributed by atoms with Gasteiger partial charge in [0, 0.05) is 38.9 Å². The van der Waals surface area contributed by atoms with E-state index < -0.39 is 6.04 Å². The number of anilines is 2. The van der Waals surface area contributed by atoms with Gasteiger partial charge < -0.3 is 10.6 Å². The van der Waals surface area contributed by atoms with E-state index in [4.69, 9.17) is 16.6 Å². The maximum absolute atomic E-state index is 13.3. The lowest BCUT2D eigenvalue weighted by Gasteiger charge is -2.13. The minimum atomic E-state index is -0.624. The lowest BCUT2D eigenvalue weighted by atomic mass is 9.99. The highest BCUT2D eigenvalue weighted by atomic mass is 35.5. The number of rotatable bonds is 9. The first-order valence-electron chi connectivity index (χ1n) is 15.3. The second-order valence-corrected chi connectivity index (χ2v) is 14.3. The topological polar surface area (TPSA) is 143 Å². The molecule has 0 spiro atoms. The zero-order valence-corrected chi connectivity index (χ0v) is 29.4. The number of benzene rings is 2. The molecule has 2 aromatic carbocycles. The van der Waals surface area contributed by atoms with Crippen LogP contribution in [0.4, 0.5) is 10.8 Å². The van der Waals surface area contributed by atoms with Crippen molar-refractivity contribution in [1.29, 1.82) is 0 Å². The molecule has 0 saturated heterocycles. The molecule has 14 heteroatoms. The normalized spacial score (nSPS) is 13.6. The second-order valence-electron chi connectivity index (χ2n) is 11.4. The predicted molar refractivity (Wildman–Crippen MR) is 190 cm³/mol. The van der Waals surface area contributed by atoms with Crippen LogP contribution in [0.2, 0.25) is 5.02 Å². The quantitative estimate of drug-likeness (QED) is 0.157. The van der Waals surface area contributed by atoms with Gasteiger partial charge in [-0.25, -0.2) is 4.98 Å². The van der Waals surface area contributed by atoms with E-state index in [0.717, 1.165) is 42.9 Å². The molecule has 0 aliphatic carbocycles. The van der Waals surface area contributed by atoms with Crippen molar-refractivity contribution >= 4 is 68.5 Å². The minimum Gasteiger partial charge on any atom is -0.356 e. The van der Waals surface area contributed by atoms with E-state index in [9.17, 15) is 14.4 Å². The minimum absolute atomic E-state index is 0.00156. The molecule has 11 nitrogen and oxygen atoms in total. The van der Waals surface area contributed by atoms with Gasteiger partial charge in [-0.2, -0.15) is 0 Å². The first kappa shape index (κ1) is 33.2. The number of aryl methyl sites for hydroxylation is 4. The molecule has 3 N–H and O–H groups in total. The van der Waals surface area contributed by atoms with Crippen LogP contribution < -0.4 is 16.0 Å². The molecule has 0 radical (unpaired) electrons. The maximum atomic E-state index is 13.3. The summed E-state index contributed by atoms with van der Waals surface area (Å²) in [5, 5.41) is 19.3. The number of halogens is 1. The SMILES string of the molecule is Cc1nc(NC(=O)c2ccccc2NC(=O)CCNC(=O)C[C@@H]2N=C(c3ccc(Cl)cc3)c3c(sc(C)c3C)-n3c(C)nnc32)sc1C. The van der Waals surface area contributed by atoms with Gasteiger partial charge in [-0.1, -0.05) is 35.9 Å². The number of nitrogens with one attached hydrogen (secondary N) is 3. The van der Waals surface area contributed by atoms with Crippen LogP contribution in [0, 0.1) is 34.6 Å². The number of aromatic nitrogens is 4. The fraction of sp³-hybridized carbons (Fsp3) is 0.265. The van der Waals surface area contributed by atoms with Crippen molar-refractivity contribution in [2.75, 3.05) is 17.2 Å². The third-order valence-electron chi connectivity index (χ3n) is 8.10. The Labute approximate surface area is 290 Å². The molecular weight excluding hydrogens is 668 g/mol. The molecule has 1 aliphatic heterocycles. The molecule has 4 heterocycles. The number of amides is 3. The van der Waals surface area contributed by atoms with Crippen molar-refractivity contribution in [2.24, 2.45) is 4.99 Å². The molecule has 48 heavy (non-hydrogen) atoms. The lowest BCUT2D eigenvalue weighted by molar-refractivity contribution is -0.121. The van der Waals surface area contributed by atoms with Crippen LogP contribution in [0.25, 0.3) is 5.00 Å². The summed E-state index contributed by atoms with van der Waals surface area (Å²) in [6.45, 7) is 9.94. The molecule has 246 valence electrons. The number of carbonyl (C=O) groups is 3. The average molecular weight is 701 g/mol. The summed E-state index contributed by atoms with van der Waals surface area (Å²) in [4.78, 5) is 50.8. The van der Waals surface area contributed by atoms with Gasteiger partial charge >= 0.3 is 0 Å². The molecule has 6 rings (SSSR count). The van der Waals surface area contributed by atoms with E-state index in [-0.39, 0.29) is 37.1 Å². The third-order valence-corrected chi connectivity index (χ3v) is 10.5. The van der Waals surface area contributed by atoms with Crippen LogP contribution in [0.3, 0.4) is 0 Å². The van der Waals surface area contributed by atoms with Crippen LogP contribution >= 0.6 is 34.3 Å². The summed E-state index contributed by atoms with van der Waals surface area (Å²) >= 11 is 9.23. The van der Waals surface area contributed by atoms with Gasteiger partial charge in [0.05, 0.1) is 29.1 Å². The van der Waals surface area contributed by atoms with E-state index in [1.54, 1.807) is 35.6 Å². The van der Waals surface area contributed by atoms with Gasteiger partial charge in [0.2, 0.25) is 11.8 Å². The summed E-state index contributed by atoms with van der Waals surface area (Å²) in [7, 11) is 0. The first-order valence-corrected chi connectivity index (χ1v) is 17.3. The predicted octanol–water partition coefficient (Wildman–Crippen LogP) is 6.66. The van der Waals surface area contributed by atoms with E-state index in [1.807, 2.05) is 49.6 Å². The van der Waals surface area contributed by atoms with Crippen LogP contribution in [-0.4, -0.2) is 49.7 Å². The Bertz CT molecular complexity index is 2060. The van der Waals surface area contributed by atoms with Gasteiger partial charge in [-0.3, -0.25) is 29.3 Å². The highest BCUT2D eigenvalue weighted by molar-refractivity contribution is 7.16. The Morgan fingerprint density at radius 1 is 0.896 bits per heavy atom. The fourth-order valence-corrected chi connectivity index (χ4v) is 7.54. The molecule has 3 amide bonds. The molecule has 0 fully saturated rings. The van der Waals surface area contributed by atoms with E-state index in [2.05, 4.69) is 45.0 Å². The number of aliphatic imine (C=N–C) groups is 1. The average Bonchev–Trinajstić information content (AvgIpc) is 3.65. The molecule has 0 saturated carbocycles. The van der Waals surface area contributed by atoms with Crippen LogP contribution in [0.1, 0.15) is 73.0 Å². The van der Waals surface area contributed by atoms with Gasteiger partial charge in [0.1, 0.15) is 16.9 Å². The molecule has 5 aromatic rings. The Morgan fingerprint density at radius 3 is 2.38 bits per heavy atom. The number of nitrogens with zero attached hydrogens (tertiary/aromatic N) is 5. The van der Waals surface area contributed by atoms with E-state index in [1.165, 1.54) is 11.3 Å². The standard InChI is InChI=1S/C34H33ClN8O3S2/c1-17-19(3)47-33-29(17)30(22-10-12-23(35)13-11-22)39-26(31-42-41-21(5)43(31)33)16-28(45)36-15-14-27(44)38-25-9-7-6-8-24(25)32(46)40-34-37-18(2)20(4)48-34/h6-13,26H,14-16H2,1-5H3,(H,36,45)(H,38,44)(H,37,40,46)/t26-/m0/s1. The number of carbonyl (C=O) groups excluding carboxylic acids is 3. The number of para-hydroxylation sites is 1. The summed E-state index contributed by atoms with van der Waals surface area (Å²) in [6.07, 6.45) is 0.00406. The number of fused-ring (bicyclic) bond motifs is 3. The largest absolute Gasteiger partial charge is 0.356 e. The van der Waals surface area contributed by atoms with Gasteiger partial charge in [-0.05, 0) is 64.4 Å². The van der Waals surface area contributed by atoms with Crippen LogP contribution in [0.5, 0.6) is 0 Å². The molecule has 1 atom stereocenters. The number of hydrogen-bond acceptors (Lipinski definition) is 9. The molecular formula is C34H33ClN8O3S2. The van der Waals surface area contributed by atoms with Crippen molar-refractivity contribution in [1.82, 2.24) is 25.1 Å². The highest BCUT2D eigenvalue weighted by Crippen LogP contribution is 2.39. The number of thiazole rings is 1. The number of hydrogen-bond donors (Lipinski definition) is 3. The first-order chi connectivity index (χ1) is 23.0. The van der Waals surface area contributed by atoms with Crippen molar-refractivity contribution in [3.63, 3.8) is 0 Å². The van der Waals surface area contributed by atoms with Crippen molar-refractivity contribution in [3.8, 4) is 5.00 Å². The third kappa shape index (κ3) is 6.80.